The Hall–Kier alpha value is -1.65. The molecule has 1 fully saturated rings. The number of oxazole rings is 1. The molecule has 1 N–H and O–H groups in total. The SMILES string of the molecule is CC(O)C1CCCN(Cc2ncc(-c3ccccc3)o2)C1. The van der Waals surface area contributed by atoms with Gasteiger partial charge in [0.2, 0.25) is 5.89 Å². The minimum atomic E-state index is -0.239. The molecule has 2 aromatic rings. The Bertz CT molecular complexity index is 565. The second-order valence-corrected chi connectivity index (χ2v) is 5.86. The maximum absolute atomic E-state index is 9.75. The van der Waals surface area contributed by atoms with Crippen LogP contribution >= 0.6 is 0 Å². The fraction of sp³-hybridized carbons (Fsp3) is 0.471. The van der Waals surface area contributed by atoms with E-state index in [4.69, 9.17) is 4.42 Å². The standard InChI is InChI=1S/C17H22N2O2/c1-13(20)15-8-5-9-19(11-15)12-17-18-10-16(21-17)14-6-3-2-4-7-14/h2-4,6-7,10,13,15,20H,5,8-9,11-12H2,1H3. The lowest BCUT2D eigenvalue weighted by Crippen LogP contribution is -2.39. The van der Waals surface area contributed by atoms with Crippen LogP contribution in [-0.4, -0.2) is 34.2 Å². The van der Waals surface area contributed by atoms with Gasteiger partial charge in [-0.05, 0) is 32.2 Å². The molecule has 0 saturated carbocycles. The summed E-state index contributed by atoms with van der Waals surface area (Å²) in [5.41, 5.74) is 1.05. The van der Waals surface area contributed by atoms with Crippen LogP contribution in [0.15, 0.2) is 40.9 Å². The van der Waals surface area contributed by atoms with E-state index in [1.54, 1.807) is 6.20 Å². The molecule has 4 heteroatoms. The third kappa shape index (κ3) is 3.52. The third-order valence-electron chi connectivity index (χ3n) is 4.19. The zero-order valence-electron chi connectivity index (χ0n) is 12.4. The van der Waals surface area contributed by atoms with Crippen LogP contribution in [0.25, 0.3) is 11.3 Å². The monoisotopic (exact) mass is 286 g/mol. The van der Waals surface area contributed by atoms with Crippen molar-refractivity contribution < 1.29 is 9.52 Å². The van der Waals surface area contributed by atoms with E-state index in [2.05, 4.69) is 9.88 Å². The number of hydrogen-bond acceptors (Lipinski definition) is 4. The van der Waals surface area contributed by atoms with Gasteiger partial charge >= 0.3 is 0 Å². The van der Waals surface area contributed by atoms with Gasteiger partial charge in [0, 0.05) is 12.1 Å². The zero-order chi connectivity index (χ0) is 14.7. The smallest absolute Gasteiger partial charge is 0.209 e. The van der Waals surface area contributed by atoms with Gasteiger partial charge in [-0.25, -0.2) is 4.98 Å². The maximum Gasteiger partial charge on any atom is 0.209 e. The van der Waals surface area contributed by atoms with Gasteiger partial charge in [-0.15, -0.1) is 0 Å². The summed E-state index contributed by atoms with van der Waals surface area (Å²) in [6, 6.07) is 10.0. The molecule has 4 nitrogen and oxygen atoms in total. The average Bonchev–Trinajstić information content (AvgIpc) is 2.97. The normalized spacial score (nSPS) is 21.3. The molecule has 2 heterocycles. The molecule has 0 bridgehead atoms. The van der Waals surface area contributed by atoms with E-state index in [-0.39, 0.29) is 6.10 Å². The number of aliphatic hydroxyl groups is 1. The van der Waals surface area contributed by atoms with E-state index in [0.717, 1.165) is 49.7 Å². The van der Waals surface area contributed by atoms with Gasteiger partial charge < -0.3 is 9.52 Å². The molecule has 112 valence electrons. The molecule has 3 rings (SSSR count). The molecule has 0 amide bonds. The van der Waals surface area contributed by atoms with Crippen LogP contribution in [0, 0.1) is 5.92 Å². The van der Waals surface area contributed by atoms with Crippen LogP contribution in [0.4, 0.5) is 0 Å². The highest BCUT2D eigenvalue weighted by atomic mass is 16.4. The van der Waals surface area contributed by atoms with Crippen molar-refractivity contribution in [2.24, 2.45) is 5.92 Å². The zero-order valence-corrected chi connectivity index (χ0v) is 12.4. The minimum Gasteiger partial charge on any atom is -0.439 e. The molecule has 21 heavy (non-hydrogen) atoms. The molecule has 1 aliphatic rings. The molecule has 0 spiro atoms. The van der Waals surface area contributed by atoms with Crippen molar-refractivity contribution in [2.45, 2.75) is 32.4 Å². The molecule has 2 unspecified atom stereocenters. The first-order chi connectivity index (χ1) is 10.2. The van der Waals surface area contributed by atoms with Gasteiger partial charge in [0.25, 0.3) is 0 Å². The number of piperidine rings is 1. The van der Waals surface area contributed by atoms with Crippen molar-refractivity contribution in [3.8, 4) is 11.3 Å². The summed E-state index contributed by atoms with van der Waals surface area (Å²) in [6.45, 7) is 4.57. The summed E-state index contributed by atoms with van der Waals surface area (Å²) in [5.74, 6) is 1.93. The van der Waals surface area contributed by atoms with Gasteiger partial charge in [0.1, 0.15) is 0 Å². The Morgan fingerprint density at radius 2 is 2.19 bits per heavy atom. The van der Waals surface area contributed by atoms with E-state index < -0.39 is 0 Å². The van der Waals surface area contributed by atoms with Gasteiger partial charge in [0.05, 0.1) is 18.8 Å². The molecule has 1 saturated heterocycles. The maximum atomic E-state index is 9.75. The van der Waals surface area contributed by atoms with Crippen molar-refractivity contribution in [2.75, 3.05) is 13.1 Å². The van der Waals surface area contributed by atoms with E-state index >= 15 is 0 Å². The number of aliphatic hydroxyl groups excluding tert-OH is 1. The first kappa shape index (κ1) is 14.3. The Balaban J connectivity index is 1.65. The third-order valence-corrected chi connectivity index (χ3v) is 4.19. The highest BCUT2D eigenvalue weighted by Gasteiger charge is 2.24. The molecular weight excluding hydrogens is 264 g/mol. The van der Waals surface area contributed by atoms with Crippen LogP contribution < -0.4 is 0 Å². The second-order valence-electron chi connectivity index (χ2n) is 5.86. The highest BCUT2D eigenvalue weighted by Crippen LogP contribution is 2.23. The molecular formula is C17H22N2O2. The first-order valence-electron chi connectivity index (χ1n) is 7.63. The van der Waals surface area contributed by atoms with Crippen LogP contribution in [-0.2, 0) is 6.54 Å². The van der Waals surface area contributed by atoms with Gasteiger partial charge in [-0.1, -0.05) is 30.3 Å². The van der Waals surface area contributed by atoms with Crippen molar-refractivity contribution >= 4 is 0 Å². The van der Waals surface area contributed by atoms with Crippen molar-refractivity contribution in [3.63, 3.8) is 0 Å². The summed E-state index contributed by atoms with van der Waals surface area (Å²) >= 11 is 0. The predicted molar refractivity (Wildman–Crippen MR) is 81.6 cm³/mol. The Morgan fingerprint density at radius 1 is 1.38 bits per heavy atom. The van der Waals surface area contributed by atoms with Crippen molar-refractivity contribution in [3.05, 3.63) is 42.4 Å². The second kappa shape index (κ2) is 6.41. The minimum absolute atomic E-state index is 0.239. The number of nitrogens with zero attached hydrogens (tertiary/aromatic N) is 2. The molecule has 1 aromatic carbocycles. The van der Waals surface area contributed by atoms with Crippen molar-refractivity contribution in [1.29, 1.82) is 0 Å². The Labute approximate surface area is 125 Å². The molecule has 0 aliphatic carbocycles. The number of hydrogen-bond donors (Lipinski definition) is 1. The van der Waals surface area contributed by atoms with E-state index in [1.165, 1.54) is 0 Å². The van der Waals surface area contributed by atoms with Crippen LogP contribution in [0.5, 0.6) is 0 Å². The number of benzene rings is 1. The van der Waals surface area contributed by atoms with Crippen molar-refractivity contribution in [1.82, 2.24) is 9.88 Å². The lowest BCUT2D eigenvalue weighted by Gasteiger charge is -2.33. The number of aromatic nitrogens is 1. The molecule has 0 radical (unpaired) electrons. The Kier molecular flexibility index (Phi) is 4.36. The van der Waals surface area contributed by atoms with Gasteiger partial charge in [0.15, 0.2) is 5.76 Å². The van der Waals surface area contributed by atoms with Gasteiger partial charge in [-0.3, -0.25) is 4.90 Å². The predicted octanol–water partition coefficient (Wildman–Crippen LogP) is 2.93. The van der Waals surface area contributed by atoms with E-state index in [9.17, 15) is 5.11 Å². The largest absolute Gasteiger partial charge is 0.439 e. The number of likely N-dealkylation sites (tertiary alicyclic amines) is 1. The van der Waals surface area contributed by atoms with Crippen LogP contribution in [0.3, 0.4) is 0 Å². The Morgan fingerprint density at radius 3 is 2.95 bits per heavy atom. The molecule has 1 aliphatic heterocycles. The fourth-order valence-corrected chi connectivity index (χ4v) is 2.94. The lowest BCUT2D eigenvalue weighted by molar-refractivity contribution is 0.0566. The fourth-order valence-electron chi connectivity index (χ4n) is 2.94. The molecule has 2 atom stereocenters. The average molecular weight is 286 g/mol. The summed E-state index contributed by atoms with van der Waals surface area (Å²) in [7, 11) is 0. The quantitative estimate of drug-likeness (QED) is 0.939. The van der Waals surface area contributed by atoms with Gasteiger partial charge in [-0.2, -0.15) is 0 Å². The lowest BCUT2D eigenvalue weighted by atomic mass is 9.93. The van der Waals surface area contributed by atoms with E-state index in [1.807, 2.05) is 37.3 Å². The number of rotatable bonds is 4. The first-order valence-corrected chi connectivity index (χ1v) is 7.63. The summed E-state index contributed by atoms with van der Waals surface area (Å²) in [4.78, 5) is 6.71. The van der Waals surface area contributed by atoms with Crippen LogP contribution in [0.1, 0.15) is 25.7 Å². The van der Waals surface area contributed by atoms with Crippen LogP contribution in [0.2, 0.25) is 0 Å². The summed E-state index contributed by atoms with van der Waals surface area (Å²) < 4.78 is 5.85. The topological polar surface area (TPSA) is 49.5 Å². The van der Waals surface area contributed by atoms with E-state index in [0.29, 0.717) is 5.92 Å². The molecule has 1 aromatic heterocycles. The highest BCUT2D eigenvalue weighted by molar-refractivity contribution is 5.55. The summed E-state index contributed by atoms with van der Waals surface area (Å²) in [5, 5.41) is 9.75. The summed E-state index contributed by atoms with van der Waals surface area (Å²) in [6.07, 6.45) is 3.79.